The van der Waals surface area contributed by atoms with E-state index in [1.165, 1.54) is 19.2 Å². The number of nitriles is 1. The SMILES string of the molecule is COC(=O)C1=C(C(=O)OC)N(c2ccc(F)c(OC)c2)C(N)=C(C#N)C1c1ccccc1. The maximum Gasteiger partial charge on any atom is 0.355 e. The molecule has 1 aliphatic heterocycles. The number of nitrogens with zero attached hydrogens (tertiary/aromatic N) is 2. The monoisotopic (exact) mass is 437 g/mol. The van der Waals surface area contributed by atoms with Crippen LogP contribution in [0.25, 0.3) is 0 Å². The van der Waals surface area contributed by atoms with E-state index in [1.54, 1.807) is 30.3 Å². The molecule has 0 saturated carbocycles. The molecule has 0 spiro atoms. The molecule has 1 atom stereocenters. The summed E-state index contributed by atoms with van der Waals surface area (Å²) in [6, 6.07) is 14.4. The minimum absolute atomic E-state index is 0.00699. The molecule has 1 aliphatic rings. The average Bonchev–Trinajstić information content (AvgIpc) is 2.83. The van der Waals surface area contributed by atoms with Crippen LogP contribution in [0.2, 0.25) is 0 Å². The highest BCUT2D eigenvalue weighted by atomic mass is 19.1. The molecule has 3 rings (SSSR count). The summed E-state index contributed by atoms with van der Waals surface area (Å²) in [5.74, 6) is -3.62. The molecule has 0 fully saturated rings. The number of methoxy groups -OCH3 is 3. The second-order valence-electron chi connectivity index (χ2n) is 6.65. The number of allylic oxidation sites excluding steroid dienone is 1. The summed E-state index contributed by atoms with van der Waals surface area (Å²) in [5, 5.41) is 9.97. The molecule has 1 heterocycles. The van der Waals surface area contributed by atoms with Crippen LogP contribution in [0.1, 0.15) is 11.5 Å². The standard InChI is InChI=1S/C23H20FN3O5/c1-30-17-11-14(9-10-16(17)24)27-20(23(29)32-3)19(22(28)31-2)18(15(12-25)21(27)26)13-7-5-4-6-8-13/h4-11,18H,26H2,1-3H3. The number of nitrogens with two attached hydrogens (primary N) is 1. The molecule has 0 amide bonds. The number of rotatable bonds is 5. The molecule has 8 nitrogen and oxygen atoms in total. The summed E-state index contributed by atoms with van der Waals surface area (Å²) < 4.78 is 28.9. The fraction of sp³-hybridized carbons (Fsp3) is 0.174. The quantitative estimate of drug-likeness (QED) is 0.710. The van der Waals surface area contributed by atoms with Gasteiger partial charge < -0.3 is 19.9 Å². The van der Waals surface area contributed by atoms with E-state index in [0.29, 0.717) is 5.56 Å². The van der Waals surface area contributed by atoms with E-state index in [-0.39, 0.29) is 34.1 Å². The van der Waals surface area contributed by atoms with Crippen molar-refractivity contribution in [3.8, 4) is 11.8 Å². The number of hydrogen-bond acceptors (Lipinski definition) is 8. The van der Waals surface area contributed by atoms with E-state index in [4.69, 9.17) is 19.9 Å². The maximum atomic E-state index is 14.0. The number of carbonyl (C=O) groups excluding carboxylic acids is 2. The smallest absolute Gasteiger partial charge is 0.355 e. The van der Waals surface area contributed by atoms with Gasteiger partial charge in [0.1, 0.15) is 11.5 Å². The van der Waals surface area contributed by atoms with E-state index >= 15 is 0 Å². The Morgan fingerprint density at radius 3 is 2.28 bits per heavy atom. The van der Waals surface area contributed by atoms with Crippen LogP contribution in [0.5, 0.6) is 5.75 Å². The van der Waals surface area contributed by atoms with Crippen LogP contribution < -0.4 is 15.4 Å². The summed E-state index contributed by atoms with van der Waals surface area (Å²) in [5.41, 5.74) is 6.71. The maximum absolute atomic E-state index is 14.0. The first-order chi connectivity index (χ1) is 15.4. The minimum Gasteiger partial charge on any atom is -0.494 e. The Hall–Kier alpha value is -4.32. The van der Waals surface area contributed by atoms with Gasteiger partial charge in [-0.15, -0.1) is 0 Å². The highest BCUT2D eigenvalue weighted by Crippen LogP contribution is 2.43. The topological polar surface area (TPSA) is 115 Å². The van der Waals surface area contributed by atoms with Gasteiger partial charge in [-0.3, -0.25) is 4.90 Å². The zero-order valence-electron chi connectivity index (χ0n) is 17.6. The molecule has 9 heteroatoms. The van der Waals surface area contributed by atoms with Gasteiger partial charge in [-0.05, 0) is 17.7 Å². The fourth-order valence-corrected chi connectivity index (χ4v) is 3.57. The van der Waals surface area contributed by atoms with Crippen LogP contribution in [0.4, 0.5) is 10.1 Å². The van der Waals surface area contributed by atoms with Gasteiger partial charge in [-0.2, -0.15) is 5.26 Å². The molecular formula is C23H20FN3O5. The third kappa shape index (κ3) is 3.74. The van der Waals surface area contributed by atoms with E-state index in [1.807, 2.05) is 6.07 Å². The normalized spacial score (nSPS) is 15.8. The molecule has 2 N–H and O–H groups in total. The van der Waals surface area contributed by atoms with Gasteiger partial charge in [0, 0.05) is 6.07 Å². The van der Waals surface area contributed by atoms with Crippen molar-refractivity contribution in [1.82, 2.24) is 0 Å². The molecule has 0 aromatic heterocycles. The van der Waals surface area contributed by atoms with E-state index in [0.717, 1.165) is 25.2 Å². The third-order valence-electron chi connectivity index (χ3n) is 5.00. The third-order valence-corrected chi connectivity index (χ3v) is 5.00. The summed E-state index contributed by atoms with van der Waals surface area (Å²) in [6.07, 6.45) is 0. The van der Waals surface area contributed by atoms with Gasteiger partial charge in [0.2, 0.25) is 0 Å². The van der Waals surface area contributed by atoms with Crippen LogP contribution in [0.15, 0.2) is 71.2 Å². The molecule has 164 valence electrons. The van der Waals surface area contributed by atoms with E-state index in [2.05, 4.69) is 0 Å². The Kier molecular flexibility index (Phi) is 6.45. The second kappa shape index (κ2) is 9.22. The number of ether oxygens (including phenoxy) is 3. The number of hydrogen-bond donors (Lipinski definition) is 1. The van der Waals surface area contributed by atoms with E-state index in [9.17, 15) is 19.2 Å². The predicted octanol–water partition coefficient (Wildman–Crippen LogP) is 2.73. The van der Waals surface area contributed by atoms with Crippen LogP contribution in [0.3, 0.4) is 0 Å². The van der Waals surface area contributed by atoms with E-state index < -0.39 is 23.7 Å². The van der Waals surface area contributed by atoms with Crippen LogP contribution in [0, 0.1) is 17.1 Å². The Morgan fingerprint density at radius 1 is 1.06 bits per heavy atom. The Morgan fingerprint density at radius 2 is 1.72 bits per heavy atom. The summed E-state index contributed by atoms with van der Waals surface area (Å²) in [7, 11) is 3.58. The lowest BCUT2D eigenvalue weighted by Crippen LogP contribution is -2.40. The first-order valence-corrected chi connectivity index (χ1v) is 9.38. The molecule has 1 unspecified atom stereocenters. The second-order valence-corrected chi connectivity index (χ2v) is 6.65. The zero-order chi connectivity index (χ0) is 23.4. The van der Waals surface area contributed by atoms with Gasteiger partial charge >= 0.3 is 11.9 Å². The summed E-state index contributed by atoms with van der Waals surface area (Å²) in [4.78, 5) is 27.0. The predicted molar refractivity (Wildman–Crippen MR) is 112 cm³/mol. The van der Waals surface area contributed by atoms with Crippen LogP contribution in [-0.4, -0.2) is 33.3 Å². The lowest BCUT2D eigenvalue weighted by Gasteiger charge is -2.36. The van der Waals surface area contributed by atoms with Gasteiger partial charge in [0.15, 0.2) is 11.6 Å². The van der Waals surface area contributed by atoms with Crippen molar-refractivity contribution in [2.45, 2.75) is 5.92 Å². The molecule has 32 heavy (non-hydrogen) atoms. The largest absolute Gasteiger partial charge is 0.494 e. The lowest BCUT2D eigenvalue weighted by atomic mass is 9.81. The number of esters is 2. The Bertz CT molecular complexity index is 1170. The summed E-state index contributed by atoms with van der Waals surface area (Å²) >= 11 is 0. The molecule has 0 radical (unpaired) electrons. The van der Waals surface area contributed by atoms with Crippen molar-refractivity contribution < 1.29 is 28.2 Å². The van der Waals surface area contributed by atoms with Gasteiger partial charge in [0.05, 0.1) is 50.2 Å². The van der Waals surface area contributed by atoms with Gasteiger partial charge in [0.25, 0.3) is 0 Å². The Labute approximate surface area is 183 Å². The average molecular weight is 437 g/mol. The number of carbonyl (C=O) groups is 2. The van der Waals surface area contributed by atoms with Crippen molar-refractivity contribution in [3.63, 3.8) is 0 Å². The fourth-order valence-electron chi connectivity index (χ4n) is 3.57. The van der Waals surface area contributed by atoms with Crippen molar-refractivity contribution in [1.29, 1.82) is 5.26 Å². The lowest BCUT2D eigenvalue weighted by molar-refractivity contribution is -0.139. The molecule has 2 aromatic carbocycles. The molecule has 0 saturated heterocycles. The van der Waals surface area contributed by atoms with Crippen molar-refractivity contribution in [2.75, 3.05) is 26.2 Å². The first-order valence-electron chi connectivity index (χ1n) is 9.38. The van der Waals surface area contributed by atoms with Gasteiger partial charge in [-0.25, -0.2) is 14.0 Å². The first kappa shape index (κ1) is 22.4. The molecule has 2 aromatic rings. The molecule has 0 aliphatic carbocycles. The van der Waals surface area contributed by atoms with Crippen molar-refractivity contribution in [2.24, 2.45) is 5.73 Å². The number of halogens is 1. The van der Waals surface area contributed by atoms with Crippen LogP contribution >= 0.6 is 0 Å². The summed E-state index contributed by atoms with van der Waals surface area (Å²) in [6.45, 7) is 0. The molecule has 0 bridgehead atoms. The minimum atomic E-state index is -0.985. The number of anilines is 1. The zero-order valence-corrected chi connectivity index (χ0v) is 17.6. The van der Waals surface area contributed by atoms with Crippen LogP contribution in [-0.2, 0) is 19.1 Å². The molecular weight excluding hydrogens is 417 g/mol. The van der Waals surface area contributed by atoms with Gasteiger partial charge in [-0.1, -0.05) is 30.3 Å². The highest BCUT2D eigenvalue weighted by Gasteiger charge is 2.43. The highest BCUT2D eigenvalue weighted by molar-refractivity contribution is 6.06. The van der Waals surface area contributed by atoms with Crippen molar-refractivity contribution in [3.05, 3.63) is 82.6 Å². The van der Waals surface area contributed by atoms with Crippen molar-refractivity contribution >= 4 is 17.6 Å². The number of benzene rings is 2. The Balaban J connectivity index is 2.41.